The highest BCUT2D eigenvalue weighted by atomic mass is 19.1. The van der Waals surface area contributed by atoms with Gasteiger partial charge >= 0.3 is 0 Å². The highest BCUT2D eigenvalue weighted by molar-refractivity contribution is 5.89. The zero-order valence-electron chi connectivity index (χ0n) is 13.4. The van der Waals surface area contributed by atoms with Crippen molar-refractivity contribution >= 4 is 16.7 Å². The fraction of sp³-hybridized carbons (Fsp3) is 0.111. The summed E-state index contributed by atoms with van der Waals surface area (Å²) in [6, 6.07) is 14.3. The molecular formula is C18H15FN6. The van der Waals surface area contributed by atoms with Crippen LogP contribution in [-0.2, 0) is 0 Å². The molecule has 0 amide bonds. The van der Waals surface area contributed by atoms with Gasteiger partial charge in [-0.15, -0.1) is 0 Å². The molecule has 2 heterocycles. The van der Waals surface area contributed by atoms with E-state index in [1.54, 1.807) is 12.1 Å². The standard InChI is InChI=1S/C18H15FN6/c1-11-22-18(25-24-11)15(12-6-3-2-4-7-12)23-17-13-8-5-9-14(19)16(13)20-10-21-17/h2-10,15H,1H3,(H,20,21,23)(H,22,24,25). The summed E-state index contributed by atoms with van der Waals surface area (Å²) in [6.45, 7) is 1.84. The number of nitrogens with zero attached hydrogens (tertiary/aromatic N) is 4. The maximum absolute atomic E-state index is 14.0. The molecule has 0 aliphatic heterocycles. The number of nitrogens with one attached hydrogen (secondary N) is 2. The van der Waals surface area contributed by atoms with E-state index < -0.39 is 0 Å². The fourth-order valence-corrected chi connectivity index (χ4v) is 2.73. The third kappa shape index (κ3) is 2.91. The molecule has 4 aromatic rings. The molecule has 4 rings (SSSR count). The zero-order chi connectivity index (χ0) is 17.2. The number of fused-ring (bicyclic) bond motifs is 1. The van der Waals surface area contributed by atoms with E-state index in [0.717, 1.165) is 11.4 Å². The van der Waals surface area contributed by atoms with Crippen molar-refractivity contribution in [3.8, 4) is 0 Å². The molecule has 0 saturated heterocycles. The molecule has 0 aliphatic carbocycles. The molecule has 2 aromatic carbocycles. The molecule has 7 heteroatoms. The first-order valence-electron chi connectivity index (χ1n) is 7.82. The van der Waals surface area contributed by atoms with E-state index in [-0.39, 0.29) is 17.4 Å². The predicted octanol–water partition coefficient (Wildman–Crippen LogP) is 3.40. The smallest absolute Gasteiger partial charge is 0.177 e. The number of aryl methyl sites for hydroxylation is 1. The molecule has 0 spiro atoms. The van der Waals surface area contributed by atoms with Crippen LogP contribution in [0, 0.1) is 12.7 Å². The highest BCUT2D eigenvalue weighted by Crippen LogP contribution is 2.28. The second kappa shape index (κ2) is 6.27. The van der Waals surface area contributed by atoms with Crippen molar-refractivity contribution in [2.24, 2.45) is 0 Å². The van der Waals surface area contributed by atoms with Crippen molar-refractivity contribution in [1.29, 1.82) is 0 Å². The average molecular weight is 334 g/mol. The lowest BCUT2D eigenvalue weighted by molar-refractivity contribution is 0.636. The lowest BCUT2D eigenvalue weighted by Gasteiger charge is -2.18. The van der Waals surface area contributed by atoms with Crippen molar-refractivity contribution in [3.05, 3.63) is 77.9 Å². The van der Waals surface area contributed by atoms with Crippen molar-refractivity contribution < 1.29 is 4.39 Å². The Hall–Kier alpha value is -3.35. The van der Waals surface area contributed by atoms with Crippen LogP contribution in [0.5, 0.6) is 0 Å². The van der Waals surface area contributed by atoms with E-state index in [9.17, 15) is 4.39 Å². The summed E-state index contributed by atoms with van der Waals surface area (Å²) in [5.74, 6) is 1.46. The van der Waals surface area contributed by atoms with Gasteiger partial charge in [-0.25, -0.2) is 19.3 Å². The average Bonchev–Trinajstić information content (AvgIpc) is 3.07. The number of benzene rings is 2. The van der Waals surface area contributed by atoms with Crippen LogP contribution < -0.4 is 5.32 Å². The lowest BCUT2D eigenvalue weighted by Crippen LogP contribution is -2.15. The molecule has 0 radical (unpaired) electrons. The van der Waals surface area contributed by atoms with Crippen molar-refractivity contribution in [1.82, 2.24) is 25.1 Å². The summed E-state index contributed by atoms with van der Waals surface area (Å²) in [4.78, 5) is 12.8. The predicted molar refractivity (Wildman–Crippen MR) is 92.5 cm³/mol. The summed E-state index contributed by atoms with van der Waals surface area (Å²) in [5, 5.41) is 11.1. The van der Waals surface area contributed by atoms with Gasteiger partial charge in [-0.3, -0.25) is 5.10 Å². The Morgan fingerprint density at radius 2 is 1.88 bits per heavy atom. The number of anilines is 1. The first-order valence-corrected chi connectivity index (χ1v) is 7.82. The number of rotatable bonds is 4. The van der Waals surface area contributed by atoms with Gasteiger partial charge in [-0.2, -0.15) is 5.10 Å². The van der Waals surface area contributed by atoms with Gasteiger partial charge in [0, 0.05) is 5.39 Å². The summed E-state index contributed by atoms with van der Waals surface area (Å²) in [7, 11) is 0. The lowest BCUT2D eigenvalue weighted by atomic mass is 10.1. The zero-order valence-corrected chi connectivity index (χ0v) is 13.4. The van der Waals surface area contributed by atoms with E-state index in [1.807, 2.05) is 37.3 Å². The number of H-pyrrole nitrogens is 1. The second-order valence-electron chi connectivity index (χ2n) is 5.63. The Kier molecular flexibility index (Phi) is 3.81. The molecule has 6 nitrogen and oxygen atoms in total. The minimum atomic E-state index is -0.382. The molecule has 1 atom stereocenters. The molecule has 25 heavy (non-hydrogen) atoms. The van der Waals surface area contributed by atoms with Crippen LogP contribution in [0.3, 0.4) is 0 Å². The Morgan fingerprint density at radius 1 is 1.04 bits per heavy atom. The van der Waals surface area contributed by atoms with Crippen molar-refractivity contribution in [2.75, 3.05) is 5.32 Å². The summed E-state index contributed by atoms with van der Waals surface area (Å²) in [6.07, 6.45) is 1.35. The minimum Gasteiger partial charge on any atom is -0.356 e. The monoisotopic (exact) mass is 334 g/mol. The number of aromatic amines is 1. The van der Waals surface area contributed by atoms with Gasteiger partial charge in [0.15, 0.2) is 5.82 Å². The third-order valence-corrected chi connectivity index (χ3v) is 3.90. The maximum Gasteiger partial charge on any atom is 0.177 e. The van der Waals surface area contributed by atoms with E-state index >= 15 is 0 Å². The topological polar surface area (TPSA) is 79.4 Å². The molecule has 0 bridgehead atoms. The molecule has 1 unspecified atom stereocenters. The Morgan fingerprint density at radius 3 is 2.64 bits per heavy atom. The summed E-state index contributed by atoms with van der Waals surface area (Å²) < 4.78 is 14.0. The molecule has 2 N–H and O–H groups in total. The largest absolute Gasteiger partial charge is 0.356 e. The fourth-order valence-electron chi connectivity index (χ4n) is 2.73. The van der Waals surface area contributed by atoms with Crippen LogP contribution in [0.25, 0.3) is 10.9 Å². The van der Waals surface area contributed by atoms with Crippen LogP contribution in [0.2, 0.25) is 0 Å². The van der Waals surface area contributed by atoms with Gasteiger partial charge in [0.1, 0.15) is 35.3 Å². The van der Waals surface area contributed by atoms with Gasteiger partial charge in [0.25, 0.3) is 0 Å². The quantitative estimate of drug-likeness (QED) is 0.598. The number of para-hydroxylation sites is 1. The van der Waals surface area contributed by atoms with Crippen LogP contribution in [0.1, 0.15) is 23.3 Å². The maximum atomic E-state index is 14.0. The van der Waals surface area contributed by atoms with Gasteiger partial charge in [-0.1, -0.05) is 36.4 Å². The SMILES string of the molecule is Cc1nc(C(Nc2ncnc3c(F)cccc23)c2ccccc2)n[nH]1. The third-order valence-electron chi connectivity index (χ3n) is 3.90. The van der Waals surface area contributed by atoms with Gasteiger partial charge < -0.3 is 5.32 Å². The van der Waals surface area contributed by atoms with Crippen LogP contribution in [0.4, 0.5) is 10.2 Å². The van der Waals surface area contributed by atoms with Crippen molar-refractivity contribution in [2.45, 2.75) is 13.0 Å². The van der Waals surface area contributed by atoms with Gasteiger partial charge in [0.05, 0.1) is 0 Å². The van der Waals surface area contributed by atoms with E-state index in [0.29, 0.717) is 17.0 Å². The molecule has 0 fully saturated rings. The minimum absolute atomic E-state index is 0.276. The Bertz CT molecular complexity index is 1010. The molecular weight excluding hydrogens is 319 g/mol. The number of hydrogen-bond donors (Lipinski definition) is 2. The summed E-state index contributed by atoms with van der Waals surface area (Å²) in [5.41, 5.74) is 1.25. The summed E-state index contributed by atoms with van der Waals surface area (Å²) >= 11 is 0. The second-order valence-corrected chi connectivity index (χ2v) is 5.63. The van der Waals surface area contributed by atoms with Gasteiger partial charge in [-0.05, 0) is 24.6 Å². The highest BCUT2D eigenvalue weighted by Gasteiger charge is 2.20. The van der Waals surface area contributed by atoms with E-state index in [2.05, 4.69) is 30.5 Å². The number of aromatic nitrogens is 5. The normalized spacial score (nSPS) is 12.2. The van der Waals surface area contributed by atoms with Gasteiger partial charge in [0.2, 0.25) is 0 Å². The molecule has 0 aliphatic rings. The first-order chi connectivity index (χ1) is 12.2. The Balaban J connectivity index is 1.81. The number of hydrogen-bond acceptors (Lipinski definition) is 5. The molecule has 2 aromatic heterocycles. The van der Waals surface area contributed by atoms with E-state index in [1.165, 1.54) is 12.4 Å². The van der Waals surface area contributed by atoms with Crippen LogP contribution in [0.15, 0.2) is 54.9 Å². The van der Waals surface area contributed by atoms with Crippen LogP contribution in [-0.4, -0.2) is 25.1 Å². The van der Waals surface area contributed by atoms with E-state index in [4.69, 9.17) is 0 Å². The Labute approximate surface area is 143 Å². The molecule has 124 valence electrons. The molecule has 0 saturated carbocycles. The number of halogens is 1. The first kappa shape index (κ1) is 15.2. The van der Waals surface area contributed by atoms with Crippen molar-refractivity contribution in [3.63, 3.8) is 0 Å². The van der Waals surface area contributed by atoms with Crippen LogP contribution >= 0.6 is 0 Å².